The Hall–Kier alpha value is -1.64. The lowest BCUT2D eigenvalue weighted by molar-refractivity contribution is 0.204. The zero-order chi connectivity index (χ0) is 15.0. The molecule has 0 spiro atoms. The Bertz CT molecular complexity index is 558. The molecule has 0 radical (unpaired) electrons. The Morgan fingerprint density at radius 3 is 2.85 bits per heavy atom. The summed E-state index contributed by atoms with van der Waals surface area (Å²) < 4.78 is 30.5. The lowest BCUT2D eigenvalue weighted by atomic mass is 10.2. The van der Waals surface area contributed by atoms with Crippen molar-refractivity contribution in [2.75, 3.05) is 27.3 Å². The van der Waals surface area contributed by atoms with Crippen molar-refractivity contribution in [3.05, 3.63) is 29.8 Å². The molecule has 0 aliphatic rings. The van der Waals surface area contributed by atoms with Gasteiger partial charge in [0.15, 0.2) is 5.96 Å². The number of nitrogens with two attached hydrogens (primary N) is 1. The van der Waals surface area contributed by atoms with Gasteiger partial charge in [-0.3, -0.25) is 0 Å². The van der Waals surface area contributed by atoms with Crippen molar-refractivity contribution in [2.24, 2.45) is 10.7 Å². The molecule has 0 aliphatic heterocycles. The van der Waals surface area contributed by atoms with E-state index in [9.17, 15) is 8.42 Å². The average Bonchev–Trinajstić information content (AvgIpc) is 2.46. The summed E-state index contributed by atoms with van der Waals surface area (Å²) in [6.45, 7) is 1.41. The van der Waals surface area contributed by atoms with Gasteiger partial charge >= 0.3 is 0 Å². The molecule has 112 valence electrons. The van der Waals surface area contributed by atoms with Crippen molar-refractivity contribution in [1.82, 2.24) is 10.0 Å². The summed E-state index contributed by atoms with van der Waals surface area (Å²) in [6.07, 6.45) is 0. The van der Waals surface area contributed by atoms with E-state index in [0.717, 1.165) is 5.56 Å². The lowest BCUT2D eigenvalue weighted by Gasteiger charge is -2.06. The number of methoxy groups -OCH3 is 1. The van der Waals surface area contributed by atoms with Crippen LogP contribution in [0.15, 0.2) is 34.2 Å². The minimum absolute atomic E-state index is 0.207. The zero-order valence-electron chi connectivity index (χ0n) is 11.6. The van der Waals surface area contributed by atoms with E-state index in [1.54, 1.807) is 25.3 Å². The van der Waals surface area contributed by atoms with E-state index < -0.39 is 10.0 Å². The van der Waals surface area contributed by atoms with Gasteiger partial charge in [-0.2, -0.15) is 0 Å². The van der Waals surface area contributed by atoms with Crippen molar-refractivity contribution in [3.63, 3.8) is 0 Å². The SMILES string of the molecule is CNS(=O)(=O)c1cccc(CN=C(N)NCCOC)c1. The van der Waals surface area contributed by atoms with Crippen LogP contribution in [0.25, 0.3) is 0 Å². The largest absolute Gasteiger partial charge is 0.383 e. The number of ether oxygens (including phenoxy) is 1. The van der Waals surface area contributed by atoms with Crippen LogP contribution in [0, 0.1) is 0 Å². The van der Waals surface area contributed by atoms with Crippen LogP contribution in [0.5, 0.6) is 0 Å². The second-order valence-electron chi connectivity index (χ2n) is 3.98. The maximum absolute atomic E-state index is 11.7. The number of sulfonamides is 1. The fourth-order valence-electron chi connectivity index (χ4n) is 1.44. The zero-order valence-corrected chi connectivity index (χ0v) is 12.4. The molecule has 0 fully saturated rings. The minimum Gasteiger partial charge on any atom is -0.383 e. The predicted molar refractivity (Wildman–Crippen MR) is 77.9 cm³/mol. The number of nitrogens with one attached hydrogen (secondary N) is 2. The minimum atomic E-state index is -3.44. The highest BCUT2D eigenvalue weighted by Crippen LogP contribution is 2.11. The number of hydrogen-bond acceptors (Lipinski definition) is 4. The van der Waals surface area contributed by atoms with E-state index in [4.69, 9.17) is 10.5 Å². The third-order valence-electron chi connectivity index (χ3n) is 2.52. The first-order valence-corrected chi connectivity index (χ1v) is 7.53. The second kappa shape index (κ2) is 7.83. The number of guanidine groups is 1. The van der Waals surface area contributed by atoms with Crippen LogP contribution in [-0.4, -0.2) is 41.7 Å². The number of nitrogens with zero attached hydrogens (tertiary/aromatic N) is 1. The molecular weight excluding hydrogens is 280 g/mol. The van der Waals surface area contributed by atoms with Crippen molar-refractivity contribution < 1.29 is 13.2 Å². The van der Waals surface area contributed by atoms with E-state index in [1.165, 1.54) is 13.1 Å². The number of benzene rings is 1. The molecule has 1 aromatic rings. The molecule has 0 heterocycles. The Labute approximate surface area is 119 Å². The van der Waals surface area contributed by atoms with Gasteiger partial charge in [-0.05, 0) is 24.7 Å². The molecule has 0 aliphatic carbocycles. The third-order valence-corrected chi connectivity index (χ3v) is 3.93. The quantitative estimate of drug-likeness (QED) is 0.362. The van der Waals surface area contributed by atoms with Gasteiger partial charge in [0.25, 0.3) is 0 Å². The molecule has 7 nitrogen and oxygen atoms in total. The normalized spacial score (nSPS) is 12.4. The van der Waals surface area contributed by atoms with Crippen molar-refractivity contribution >= 4 is 16.0 Å². The molecule has 0 saturated heterocycles. The monoisotopic (exact) mass is 300 g/mol. The highest BCUT2D eigenvalue weighted by atomic mass is 32.2. The van der Waals surface area contributed by atoms with E-state index in [1.807, 2.05) is 0 Å². The van der Waals surface area contributed by atoms with E-state index >= 15 is 0 Å². The summed E-state index contributed by atoms with van der Waals surface area (Å²) in [5, 5.41) is 2.88. The van der Waals surface area contributed by atoms with Gasteiger partial charge in [0.05, 0.1) is 18.0 Å². The fraction of sp³-hybridized carbons (Fsp3) is 0.417. The van der Waals surface area contributed by atoms with Gasteiger partial charge in [0.1, 0.15) is 0 Å². The van der Waals surface area contributed by atoms with Gasteiger partial charge in [-0.1, -0.05) is 12.1 Å². The summed E-state index contributed by atoms with van der Waals surface area (Å²) in [6, 6.07) is 6.56. The summed E-state index contributed by atoms with van der Waals surface area (Å²) >= 11 is 0. The first-order valence-electron chi connectivity index (χ1n) is 6.05. The summed E-state index contributed by atoms with van der Waals surface area (Å²) in [7, 11) is -0.466. The van der Waals surface area contributed by atoms with Crippen LogP contribution < -0.4 is 15.8 Å². The second-order valence-corrected chi connectivity index (χ2v) is 5.86. The molecular formula is C12H20N4O3S. The number of aliphatic imine (C=N–C) groups is 1. The Morgan fingerprint density at radius 1 is 1.45 bits per heavy atom. The molecule has 8 heteroatoms. The van der Waals surface area contributed by atoms with Crippen LogP contribution in [0.3, 0.4) is 0 Å². The Balaban J connectivity index is 2.70. The summed E-state index contributed by atoms with van der Waals surface area (Å²) in [5.74, 6) is 0.295. The van der Waals surface area contributed by atoms with Crippen LogP contribution in [0.4, 0.5) is 0 Å². The molecule has 4 N–H and O–H groups in total. The Morgan fingerprint density at radius 2 is 2.20 bits per heavy atom. The van der Waals surface area contributed by atoms with Crippen LogP contribution in [-0.2, 0) is 21.3 Å². The molecule has 0 aromatic heterocycles. The average molecular weight is 300 g/mol. The van der Waals surface area contributed by atoms with Gasteiger partial charge in [-0.15, -0.1) is 0 Å². The highest BCUT2D eigenvalue weighted by molar-refractivity contribution is 7.89. The van der Waals surface area contributed by atoms with E-state index in [-0.39, 0.29) is 4.90 Å². The molecule has 1 aromatic carbocycles. The van der Waals surface area contributed by atoms with E-state index in [2.05, 4.69) is 15.0 Å². The van der Waals surface area contributed by atoms with Gasteiger partial charge in [0, 0.05) is 13.7 Å². The van der Waals surface area contributed by atoms with Crippen LogP contribution >= 0.6 is 0 Å². The third kappa shape index (κ3) is 5.16. The van der Waals surface area contributed by atoms with Gasteiger partial charge < -0.3 is 15.8 Å². The first kappa shape index (κ1) is 16.4. The van der Waals surface area contributed by atoms with Crippen LogP contribution in [0.2, 0.25) is 0 Å². The smallest absolute Gasteiger partial charge is 0.240 e. The van der Waals surface area contributed by atoms with Crippen molar-refractivity contribution in [3.8, 4) is 0 Å². The Kier molecular flexibility index (Phi) is 6.43. The standard InChI is InChI=1S/C12H20N4O3S/c1-14-20(17,18)11-5-3-4-10(8-11)9-16-12(13)15-6-7-19-2/h3-5,8,14H,6-7,9H2,1-2H3,(H3,13,15,16). The molecule has 0 bridgehead atoms. The molecule has 20 heavy (non-hydrogen) atoms. The number of rotatable bonds is 7. The molecule has 1 rings (SSSR count). The molecule has 0 atom stereocenters. The molecule has 0 amide bonds. The molecule has 0 unspecified atom stereocenters. The van der Waals surface area contributed by atoms with Crippen LogP contribution in [0.1, 0.15) is 5.56 Å². The fourth-order valence-corrected chi connectivity index (χ4v) is 2.24. The highest BCUT2D eigenvalue weighted by Gasteiger charge is 2.10. The molecule has 0 saturated carbocycles. The lowest BCUT2D eigenvalue weighted by Crippen LogP contribution is -2.34. The summed E-state index contributed by atoms with van der Waals surface area (Å²) in [5.41, 5.74) is 6.43. The van der Waals surface area contributed by atoms with Gasteiger partial charge in [-0.25, -0.2) is 18.1 Å². The predicted octanol–water partition coefficient (Wildman–Crippen LogP) is -0.355. The van der Waals surface area contributed by atoms with Gasteiger partial charge in [0.2, 0.25) is 10.0 Å². The maximum atomic E-state index is 11.7. The van der Waals surface area contributed by atoms with E-state index in [0.29, 0.717) is 25.7 Å². The maximum Gasteiger partial charge on any atom is 0.240 e. The van der Waals surface area contributed by atoms with Crippen molar-refractivity contribution in [1.29, 1.82) is 0 Å². The van der Waals surface area contributed by atoms with Crippen molar-refractivity contribution in [2.45, 2.75) is 11.4 Å². The first-order chi connectivity index (χ1) is 9.49. The number of hydrogen-bond donors (Lipinski definition) is 3. The topological polar surface area (TPSA) is 106 Å². The summed E-state index contributed by atoms with van der Waals surface area (Å²) in [4.78, 5) is 4.33.